The van der Waals surface area contributed by atoms with E-state index in [4.69, 9.17) is 10.4 Å². The average Bonchev–Trinajstić information content (AvgIpc) is 2.16. The van der Waals surface area contributed by atoms with Crippen molar-refractivity contribution in [1.82, 2.24) is 4.72 Å². The van der Waals surface area contributed by atoms with Crippen molar-refractivity contribution in [2.24, 2.45) is 0 Å². The molecule has 0 saturated carbocycles. The minimum atomic E-state index is -3.36. The van der Waals surface area contributed by atoms with Gasteiger partial charge in [0.1, 0.15) is 0 Å². The Hall–Kier alpha value is -1.13. The van der Waals surface area contributed by atoms with Crippen LogP contribution in [0.3, 0.4) is 0 Å². The molecule has 0 radical (unpaired) electrons. The number of carboxylic acid groups (broad SMARTS) is 1. The highest BCUT2D eigenvalue weighted by Gasteiger charge is 2.09. The number of unbranched alkanes of at least 4 members (excludes halogenated alkanes) is 2. The number of carbonyl (C=O) groups is 1. The smallest absolute Gasteiger partial charge is 0.303 e. The number of nitrogens with zero attached hydrogens (tertiary/aromatic N) is 1. The van der Waals surface area contributed by atoms with E-state index < -0.39 is 16.0 Å². The Morgan fingerprint density at radius 1 is 1.31 bits per heavy atom. The zero-order chi connectivity index (χ0) is 12.4. The number of nitriles is 1. The van der Waals surface area contributed by atoms with E-state index in [-0.39, 0.29) is 18.6 Å². The predicted octanol–water partition coefficient (Wildman–Crippen LogP) is 0.464. The molecule has 0 atom stereocenters. The zero-order valence-electron chi connectivity index (χ0n) is 8.98. The molecule has 0 bridgehead atoms. The summed E-state index contributed by atoms with van der Waals surface area (Å²) in [5.74, 6) is -1.17. The number of carboxylic acids is 1. The molecule has 0 aliphatic carbocycles. The zero-order valence-corrected chi connectivity index (χ0v) is 9.79. The van der Waals surface area contributed by atoms with Gasteiger partial charge >= 0.3 is 5.97 Å². The summed E-state index contributed by atoms with van der Waals surface area (Å²) < 4.78 is 24.9. The summed E-state index contributed by atoms with van der Waals surface area (Å²) in [6.45, 7) is 0.303. The second-order valence-corrected chi connectivity index (χ2v) is 5.25. The lowest BCUT2D eigenvalue weighted by Gasteiger charge is -2.04. The largest absolute Gasteiger partial charge is 0.481 e. The van der Waals surface area contributed by atoms with Crippen molar-refractivity contribution in [2.45, 2.75) is 32.1 Å². The molecule has 0 aliphatic rings. The van der Waals surface area contributed by atoms with Crippen LogP contribution in [-0.2, 0) is 14.8 Å². The van der Waals surface area contributed by atoms with Crippen molar-refractivity contribution in [2.75, 3.05) is 12.3 Å². The molecule has 6 nitrogen and oxygen atoms in total. The summed E-state index contributed by atoms with van der Waals surface area (Å²) >= 11 is 0. The third-order valence-electron chi connectivity index (χ3n) is 1.84. The lowest BCUT2D eigenvalue weighted by Crippen LogP contribution is -2.27. The molecule has 0 aromatic carbocycles. The van der Waals surface area contributed by atoms with Crippen molar-refractivity contribution >= 4 is 16.0 Å². The third kappa shape index (κ3) is 9.43. The SMILES string of the molecule is N#CCCCCNS(=O)(=O)CCCC(=O)O. The minimum Gasteiger partial charge on any atom is -0.481 e. The fourth-order valence-corrected chi connectivity index (χ4v) is 2.17. The highest BCUT2D eigenvalue weighted by Crippen LogP contribution is 1.97. The number of nitrogens with one attached hydrogen (secondary N) is 1. The van der Waals surface area contributed by atoms with Crippen molar-refractivity contribution in [3.8, 4) is 6.07 Å². The second kappa shape index (κ2) is 8.07. The molecule has 0 aromatic heterocycles. The molecule has 92 valence electrons. The molecule has 0 heterocycles. The first-order valence-corrected chi connectivity index (χ1v) is 6.69. The summed E-state index contributed by atoms with van der Waals surface area (Å²) in [6.07, 6.45) is 1.67. The van der Waals surface area contributed by atoms with Crippen LogP contribution in [0.25, 0.3) is 0 Å². The first-order valence-electron chi connectivity index (χ1n) is 5.04. The molecule has 0 amide bonds. The lowest BCUT2D eigenvalue weighted by atomic mass is 10.2. The van der Waals surface area contributed by atoms with E-state index >= 15 is 0 Å². The third-order valence-corrected chi connectivity index (χ3v) is 3.31. The molecular formula is C9H16N2O4S. The highest BCUT2D eigenvalue weighted by molar-refractivity contribution is 7.89. The van der Waals surface area contributed by atoms with Crippen LogP contribution in [-0.4, -0.2) is 31.8 Å². The van der Waals surface area contributed by atoms with E-state index in [1.54, 1.807) is 0 Å². The summed E-state index contributed by atoms with van der Waals surface area (Å²) in [7, 11) is -3.36. The van der Waals surface area contributed by atoms with Gasteiger partial charge in [0, 0.05) is 19.4 Å². The van der Waals surface area contributed by atoms with Crippen LogP contribution in [0, 0.1) is 11.3 Å². The van der Waals surface area contributed by atoms with Crippen LogP contribution >= 0.6 is 0 Å². The monoisotopic (exact) mass is 248 g/mol. The van der Waals surface area contributed by atoms with Crippen LogP contribution < -0.4 is 4.72 Å². The van der Waals surface area contributed by atoms with Crippen LogP contribution in [0.15, 0.2) is 0 Å². The summed E-state index contributed by atoms with van der Waals surface area (Å²) in [4.78, 5) is 10.2. The van der Waals surface area contributed by atoms with Crippen LogP contribution in [0.5, 0.6) is 0 Å². The Morgan fingerprint density at radius 2 is 2.00 bits per heavy atom. The van der Waals surface area contributed by atoms with E-state index in [1.807, 2.05) is 6.07 Å². The van der Waals surface area contributed by atoms with Crippen LogP contribution in [0.2, 0.25) is 0 Å². The average molecular weight is 248 g/mol. The number of sulfonamides is 1. The first-order chi connectivity index (χ1) is 7.48. The Morgan fingerprint density at radius 3 is 2.56 bits per heavy atom. The van der Waals surface area contributed by atoms with E-state index in [0.29, 0.717) is 25.8 Å². The van der Waals surface area contributed by atoms with E-state index in [0.717, 1.165) is 0 Å². The number of rotatable bonds is 9. The van der Waals surface area contributed by atoms with Gasteiger partial charge in [-0.3, -0.25) is 4.79 Å². The number of hydrogen-bond acceptors (Lipinski definition) is 4. The molecule has 0 spiro atoms. The molecule has 0 aromatic rings. The van der Waals surface area contributed by atoms with Gasteiger partial charge in [0.25, 0.3) is 0 Å². The van der Waals surface area contributed by atoms with Crippen molar-refractivity contribution in [3.63, 3.8) is 0 Å². The predicted molar refractivity (Wildman–Crippen MR) is 58.1 cm³/mol. The van der Waals surface area contributed by atoms with E-state index in [1.165, 1.54) is 0 Å². The molecule has 2 N–H and O–H groups in total. The van der Waals surface area contributed by atoms with Gasteiger partial charge in [-0.05, 0) is 19.3 Å². The first kappa shape index (κ1) is 14.9. The molecule has 0 saturated heterocycles. The Bertz CT molecular complexity index is 345. The van der Waals surface area contributed by atoms with E-state index in [2.05, 4.69) is 4.72 Å². The highest BCUT2D eigenvalue weighted by atomic mass is 32.2. The summed E-state index contributed by atoms with van der Waals surface area (Å²) in [5.41, 5.74) is 0. The molecule has 16 heavy (non-hydrogen) atoms. The van der Waals surface area contributed by atoms with E-state index in [9.17, 15) is 13.2 Å². The maximum absolute atomic E-state index is 11.3. The maximum Gasteiger partial charge on any atom is 0.303 e. The molecule has 0 rings (SSSR count). The van der Waals surface area contributed by atoms with Crippen LogP contribution in [0.4, 0.5) is 0 Å². The van der Waals surface area contributed by atoms with Gasteiger partial charge in [-0.25, -0.2) is 13.1 Å². The molecule has 7 heteroatoms. The molecular weight excluding hydrogens is 232 g/mol. The normalized spacial score (nSPS) is 10.9. The molecule has 0 fully saturated rings. The summed E-state index contributed by atoms with van der Waals surface area (Å²) in [5, 5.41) is 16.6. The standard InChI is InChI=1S/C9H16N2O4S/c10-6-2-1-3-7-11-16(14,15)8-4-5-9(12)13/h11H,1-5,7-8H2,(H,12,13). The van der Waals surface area contributed by atoms with Crippen molar-refractivity contribution in [3.05, 3.63) is 0 Å². The summed E-state index contributed by atoms with van der Waals surface area (Å²) in [6, 6.07) is 1.97. The van der Waals surface area contributed by atoms with Gasteiger partial charge in [0.05, 0.1) is 11.8 Å². The van der Waals surface area contributed by atoms with Gasteiger partial charge < -0.3 is 5.11 Å². The topological polar surface area (TPSA) is 107 Å². The van der Waals surface area contributed by atoms with Crippen LogP contribution in [0.1, 0.15) is 32.1 Å². The Kier molecular flexibility index (Phi) is 7.50. The van der Waals surface area contributed by atoms with Gasteiger partial charge in [0.15, 0.2) is 0 Å². The fourth-order valence-electron chi connectivity index (χ4n) is 1.04. The molecule has 0 aliphatic heterocycles. The number of aliphatic carboxylic acids is 1. The van der Waals surface area contributed by atoms with Gasteiger partial charge in [-0.2, -0.15) is 5.26 Å². The van der Waals surface area contributed by atoms with Gasteiger partial charge in [0.2, 0.25) is 10.0 Å². The number of hydrogen-bond donors (Lipinski definition) is 2. The van der Waals surface area contributed by atoms with Crippen molar-refractivity contribution in [1.29, 1.82) is 5.26 Å². The second-order valence-electron chi connectivity index (χ2n) is 3.33. The quantitative estimate of drug-likeness (QED) is 0.576. The Labute approximate surface area is 95.3 Å². The van der Waals surface area contributed by atoms with Gasteiger partial charge in [-0.1, -0.05) is 0 Å². The van der Waals surface area contributed by atoms with Gasteiger partial charge in [-0.15, -0.1) is 0 Å². The maximum atomic E-state index is 11.3. The Balaban J connectivity index is 3.63. The minimum absolute atomic E-state index is 0.114. The fraction of sp³-hybridized carbons (Fsp3) is 0.778. The molecule has 0 unspecified atom stereocenters. The van der Waals surface area contributed by atoms with Crippen molar-refractivity contribution < 1.29 is 18.3 Å². The lowest BCUT2D eigenvalue weighted by molar-refractivity contribution is -0.137.